The van der Waals surface area contributed by atoms with Crippen LogP contribution in [0.1, 0.15) is 0 Å². The second-order valence-electron chi connectivity index (χ2n) is 3.89. The van der Waals surface area contributed by atoms with Gasteiger partial charge < -0.3 is 5.73 Å². The standard InChI is InChI=1S/C14H11N3S/c15-14-17-13(9-18-14)11-5-3-10(4-6-11)12-2-1-7-16-8-12/h1-9H,(H2,15,17). The molecule has 0 saturated carbocycles. The highest BCUT2D eigenvalue weighted by Gasteiger charge is 2.03. The molecule has 0 amide bonds. The van der Waals surface area contributed by atoms with E-state index in [4.69, 9.17) is 5.73 Å². The molecule has 3 rings (SSSR count). The molecule has 0 atom stereocenters. The summed E-state index contributed by atoms with van der Waals surface area (Å²) in [6, 6.07) is 12.2. The lowest BCUT2D eigenvalue weighted by Gasteiger charge is -2.02. The maximum Gasteiger partial charge on any atom is 0.180 e. The molecule has 18 heavy (non-hydrogen) atoms. The van der Waals surface area contributed by atoms with Crippen molar-refractivity contribution in [2.45, 2.75) is 0 Å². The smallest absolute Gasteiger partial charge is 0.180 e. The third kappa shape index (κ3) is 2.10. The number of hydrogen-bond donors (Lipinski definition) is 1. The Morgan fingerprint density at radius 2 is 1.72 bits per heavy atom. The minimum Gasteiger partial charge on any atom is -0.375 e. The van der Waals surface area contributed by atoms with Crippen LogP contribution in [-0.2, 0) is 0 Å². The zero-order valence-electron chi connectivity index (χ0n) is 9.58. The van der Waals surface area contributed by atoms with Gasteiger partial charge >= 0.3 is 0 Å². The fourth-order valence-electron chi connectivity index (χ4n) is 1.79. The van der Waals surface area contributed by atoms with Crippen LogP contribution in [-0.4, -0.2) is 9.97 Å². The van der Waals surface area contributed by atoms with Gasteiger partial charge in [-0.25, -0.2) is 4.98 Å². The third-order valence-corrected chi connectivity index (χ3v) is 3.37. The summed E-state index contributed by atoms with van der Waals surface area (Å²) in [4.78, 5) is 8.39. The minimum atomic E-state index is 0.598. The first-order valence-electron chi connectivity index (χ1n) is 5.55. The van der Waals surface area contributed by atoms with Crippen molar-refractivity contribution in [3.8, 4) is 22.4 Å². The van der Waals surface area contributed by atoms with Crippen molar-refractivity contribution in [3.05, 3.63) is 54.2 Å². The predicted octanol–water partition coefficient (Wildman–Crippen LogP) is 3.45. The quantitative estimate of drug-likeness (QED) is 0.761. The maximum atomic E-state index is 5.64. The van der Waals surface area contributed by atoms with Gasteiger partial charge in [-0.2, -0.15) is 0 Å². The molecule has 2 heterocycles. The largest absolute Gasteiger partial charge is 0.375 e. The Labute approximate surface area is 109 Å². The van der Waals surface area contributed by atoms with Gasteiger partial charge in [0.1, 0.15) is 0 Å². The normalized spacial score (nSPS) is 10.4. The van der Waals surface area contributed by atoms with Crippen LogP contribution in [0, 0.1) is 0 Å². The first-order valence-corrected chi connectivity index (χ1v) is 6.43. The van der Waals surface area contributed by atoms with Crippen molar-refractivity contribution in [2.24, 2.45) is 0 Å². The predicted molar refractivity (Wildman–Crippen MR) is 75.2 cm³/mol. The van der Waals surface area contributed by atoms with E-state index in [0.29, 0.717) is 5.13 Å². The van der Waals surface area contributed by atoms with Gasteiger partial charge in [0, 0.05) is 23.3 Å². The van der Waals surface area contributed by atoms with Crippen LogP contribution >= 0.6 is 11.3 Å². The summed E-state index contributed by atoms with van der Waals surface area (Å²) in [6.07, 6.45) is 3.63. The molecule has 3 nitrogen and oxygen atoms in total. The zero-order chi connectivity index (χ0) is 12.4. The average molecular weight is 253 g/mol. The second-order valence-corrected chi connectivity index (χ2v) is 4.78. The van der Waals surface area contributed by atoms with Gasteiger partial charge in [0.15, 0.2) is 5.13 Å². The Bertz CT molecular complexity index is 644. The third-order valence-electron chi connectivity index (χ3n) is 2.70. The van der Waals surface area contributed by atoms with Crippen LogP contribution in [0.5, 0.6) is 0 Å². The van der Waals surface area contributed by atoms with Gasteiger partial charge in [-0.3, -0.25) is 4.98 Å². The summed E-state index contributed by atoms with van der Waals surface area (Å²) in [5, 5.41) is 2.57. The number of aromatic nitrogens is 2. The van der Waals surface area contributed by atoms with Crippen LogP contribution in [0.3, 0.4) is 0 Å². The molecule has 2 aromatic heterocycles. The summed E-state index contributed by atoms with van der Waals surface area (Å²) in [7, 11) is 0. The Hall–Kier alpha value is -2.20. The van der Waals surface area contributed by atoms with Gasteiger partial charge in [-0.05, 0) is 17.2 Å². The molecule has 0 fully saturated rings. The molecular weight excluding hydrogens is 242 g/mol. The molecule has 0 unspecified atom stereocenters. The topological polar surface area (TPSA) is 51.8 Å². The van der Waals surface area contributed by atoms with E-state index in [1.54, 1.807) is 6.20 Å². The molecular formula is C14H11N3S. The monoisotopic (exact) mass is 253 g/mol. The van der Waals surface area contributed by atoms with Crippen molar-refractivity contribution < 1.29 is 0 Å². The molecule has 4 heteroatoms. The number of rotatable bonds is 2. The van der Waals surface area contributed by atoms with E-state index in [0.717, 1.165) is 22.4 Å². The number of nitrogens with two attached hydrogens (primary N) is 1. The van der Waals surface area contributed by atoms with E-state index < -0.39 is 0 Å². The van der Waals surface area contributed by atoms with E-state index in [1.165, 1.54) is 11.3 Å². The lowest BCUT2D eigenvalue weighted by atomic mass is 10.0. The highest BCUT2D eigenvalue weighted by molar-refractivity contribution is 7.13. The van der Waals surface area contributed by atoms with Gasteiger partial charge in [0.25, 0.3) is 0 Å². The Morgan fingerprint density at radius 1 is 0.944 bits per heavy atom. The van der Waals surface area contributed by atoms with E-state index in [9.17, 15) is 0 Å². The van der Waals surface area contributed by atoms with Crippen molar-refractivity contribution in [1.82, 2.24) is 9.97 Å². The summed E-state index contributed by atoms with van der Waals surface area (Å²) >= 11 is 1.46. The first kappa shape index (κ1) is 10.9. The minimum absolute atomic E-state index is 0.598. The number of pyridine rings is 1. The van der Waals surface area contributed by atoms with Crippen molar-refractivity contribution in [2.75, 3.05) is 5.73 Å². The van der Waals surface area contributed by atoms with Gasteiger partial charge in [0.2, 0.25) is 0 Å². The van der Waals surface area contributed by atoms with Crippen LogP contribution in [0.15, 0.2) is 54.2 Å². The van der Waals surface area contributed by atoms with Crippen LogP contribution in [0.2, 0.25) is 0 Å². The summed E-state index contributed by atoms with van der Waals surface area (Å²) in [5.41, 5.74) is 9.90. The number of nitrogen functional groups attached to an aromatic ring is 1. The molecule has 0 aliphatic heterocycles. The molecule has 88 valence electrons. The molecule has 0 bridgehead atoms. The Balaban J connectivity index is 1.94. The van der Waals surface area contributed by atoms with Crippen molar-refractivity contribution in [1.29, 1.82) is 0 Å². The number of nitrogens with zero attached hydrogens (tertiary/aromatic N) is 2. The summed E-state index contributed by atoms with van der Waals surface area (Å²) in [5.74, 6) is 0. The molecule has 1 aromatic carbocycles. The van der Waals surface area contributed by atoms with E-state index in [2.05, 4.69) is 34.2 Å². The molecule has 0 spiro atoms. The molecule has 0 saturated heterocycles. The van der Waals surface area contributed by atoms with Crippen molar-refractivity contribution >= 4 is 16.5 Å². The molecule has 3 aromatic rings. The lowest BCUT2D eigenvalue weighted by Crippen LogP contribution is -1.83. The van der Waals surface area contributed by atoms with Gasteiger partial charge in [-0.15, -0.1) is 11.3 Å². The summed E-state index contributed by atoms with van der Waals surface area (Å²) < 4.78 is 0. The number of benzene rings is 1. The van der Waals surface area contributed by atoms with Gasteiger partial charge in [0.05, 0.1) is 5.69 Å². The highest BCUT2D eigenvalue weighted by Crippen LogP contribution is 2.26. The van der Waals surface area contributed by atoms with Crippen molar-refractivity contribution in [3.63, 3.8) is 0 Å². The number of thiazole rings is 1. The molecule has 2 N–H and O–H groups in total. The number of anilines is 1. The average Bonchev–Trinajstić information content (AvgIpc) is 2.87. The zero-order valence-corrected chi connectivity index (χ0v) is 10.4. The molecule has 0 radical (unpaired) electrons. The maximum absolute atomic E-state index is 5.64. The van der Waals surface area contributed by atoms with Crippen LogP contribution < -0.4 is 5.73 Å². The van der Waals surface area contributed by atoms with E-state index in [-0.39, 0.29) is 0 Å². The van der Waals surface area contributed by atoms with Gasteiger partial charge in [-0.1, -0.05) is 30.3 Å². The molecule has 0 aliphatic carbocycles. The van der Waals surface area contributed by atoms with Crippen LogP contribution in [0.4, 0.5) is 5.13 Å². The Morgan fingerprint density at radius 3 is 2.33 bits per heavy atom. The fraction of sp³-hybridized carbons (Fsp3) is 0. The Kier molecular flexibility index (Phi) is 2.78. The summed E-state index contributed by atoms with van der Waals surface area (Å²) in [6.45, 7) is 0. The fourth-order valence-corrected chi connectivity index (χ4v) is 2.36. The second kappa shape index (κ2) is 4.58. The van der Waals surface area contributed by atoms with E-state index in [1.807, 2.05) is 23.7 Å². The van der Waals surface area contributed by atoms with Crippen LogP contribution in [0.25, 0.3) is 22.4 Å². The highest BCUT2D eigenvalue weighted by atomic mass is 32.1. The first-order chi connectivity index (χ1) is 8.83. The lowest BCUT2D eigenvalue weighted by molar-refractivity contribution is 1.33. The molecule has 0 aliphatic rings. The SMILES string of the molecule is Nc1nc(-c2ccc(-c3cccnc3)cc2)cs1. The van der Waals surface area contributed by atoms with E-state index >= 15 is 0 Å². The number of hydrogen-bond acceptors (Lipinski definition) is 4.